The van der Waals surface area contributed by atoms with Crippen molar-refractivity contribution in [2.75, 3.05) is 12.9 Å². The highest BCUT2D eigenvalue weighted by Crippen LogP contribution is 2.26. The maximum atomic E-state index is 12.5. The van der Waals surface area contributed by atoms with Gasteiger partial charge in [-0.05, 0) is 51.1 Å². The number of carbonyl (C=O) groups excluding carboxylic acids is 1. The van der Waals surface area contributed by atoms with Crippen molar-refractivity contribution in [3.05, 3.63) is 47.3 Å². The van der Waals surface area contributed by atoms with Crippen molar-refractivity contribution in [2.24, 2.45) is 0 Å². The first kappa shape index (κ1) is 18.3. The quantitative estimate of drug-likeness (QED) is 0.459. The first-order valence-electron chi connectivity index (χ1n) is 8.34. The summed E-state index contributed by atoms with van der Waals surface area (Å²) >= 11 is 1.25. The zero-order valence-electron chi connectivity index (χ0n) is 15.3. The number of thioether (sulfide) groups is 1. The van der Waals surface area contributed by atoms with Gasteiger partial charge in [0.15, 0.2) is 5.78 Å². The topological polar surface area (TPSA) is 70.2 Å². The highest BCUT2D eigenvalue weighted by Gasteiger charge is 2.17. The average Bonchev–Trinajstić information content (AvgIpc) is 3.24. The van der Waals surface area contributed by atoms with E-state index in [0.717, 1.165) is 34.8 Å². The van der Waals surface area contributed by atoms with Gasteiger partial charge in [0.25, 0.3) is 5.22 Å². The van der Waals surface area contributed by atoms with Crippen LogP contribution >= 0.6 is 11.8 Å². The third kappa shape index (κ3) is 3.67. The molecule has 0 aliphatic rings. The third-order valence-corrected chi connectivity index (χ3v) is 5.08. The third-order valence-electron chi connectivity index (χ3n) is 4.26. The second kappa shape index (κ2) is 7.78. The summed E-state index contributed by atoms with van der Waals surface area (Å²) in [7, 11) is 1.62. The number of ketones is 1. The first-order chi connectivity index (χ1) is 12.5. The summed E-state index contributed by atoms with van der Waals surface area (Å²) in [4.78, 5) is 12.5. The van der Waals surface area contributed by atoms with Gasteiger partial charge in [0.2, 0.25) is 5.89 Å². The summed E-state index contributed by atoms with van der Waals surface area (Å²) in [5.74, 6) is 1.51. The fourth-order valence-electron chi connectivity index (χ4n) is 2.89. The van der Waals surface area contributed by atoms with Crippen LogP contribution in [-0.4, -0.2) is 33.4 Å². The molecular weight excluding hydrogens is 350 g/mol. The molecule has 0 radical (unpaired) electrons. The number of Topliss-reactive ketones (excluding diaryl/α,β-unsaturated/α-hetero) is 1. The molecule has 0 aliphatic carbocycles. The Hall–Kier alpha value is -2.54. The fourth-order valence-corrected chi connectivity index (χ4v) is 3.54. The molecular formula is C19H21N3O3S. The Bertz CT molecular complexity index is 913. The van der Waals surface area contributed by atoms with E-state index in [9.17, 15) is 4.79 Å². The summed E-state index contributed by atoms with van der Waals surface area (Å²) in [6, 6.07) is 9.31. The number of carbonyl (C=O) groups is 1. The molecule has 2 aromatic heterocycles. The Labute approximate surface area is 156 Å². The number of methoxy groups -OCH3 is 1. The lowest BCUT2D eigenvalue weighted by atomic mass is 10.2. The minimum atomic E-state index is 0.0620. The molecule has 0 atom stereocenters. The molecule has 7 heteroatoms. The van der Waals surface area contributed by atoms with E-state index in [1.165, 1.54) is 11.8 Å². The van der Waals surface area contributed by atoms with Crippen molar-refractivity contribution in [1.29, 1.82) is 0 Å². The minimum absolute atomic E-state index is 0.0620. The maximum absolute atomic E-state index is 12.5. The largest absolute Gasteiger partial charge is 0.497 e. The molecule has 3 aromatic rings. The molecule has 1 aromatic carbocycles. The predicted molar refractivity (Wildman–Crippen MR) is 101 cm³/mol. The lowest BCUT2D eigenvalue weighted by Crippen LogP contribution is -2.05. The van der Waals surface area contributed by atoms with Crippen molar-refractivity contribution >= 4 is 17.5 Å². The number of aromatic nitrogens is 3. The van der Waals surface area contributed by atoms with Crippen LogP contribution in [0, 0.1) is 13.8 Å². The van der Waals surface area contributed by atoms with E-state index < -0.39 is 0 Å². The number of rotatable bonds is 7. The van der Waals surface area contributed by atoms with Crippen LogP contribution in [0.25, 0.3) is 11.5 Å². The minimum Gasteiger partial charge on any atom is -0.497 e. The molecule has 0 fully saturated rings. The summed E-state index contributed by atoms with van der Waals surface area (Å²) in [5.41, 5.74) is 3.66. The monoisotopic (exact) mass is 371 g/mol. The molecule has 0 N–H and O–H groups in total. The van der Waals surface area contributed by atoms with Gasteiger partial charge in [-0.25, -0.2) is 0 Å². The van der Waals surface area contributed by atoms with Gasteiger partial charge in [0, 0.05) is 29.1 Å². The Morgan fingerprint density at radius 1 is 1.23 bits per heavy atom. The average molecular weight is 371 g/mol. The Morgan fingerprint density at radius 3 is 2.58 bits per heavy atom. The zero-order valence-corrected chi connectivity index (χ0v) is 16.1. The zero-order chi connectivity index (χ0) is 18.7. The first-order valence-corrected chi connectivity index (χ1v) is 9.32. The highest BCUT2D eigenvalue weighted by molar-refractivity contribution is 7.99. The van der Waals surface area contributed by atoms with Gasteiger partial charge < -0.3 is 13.7 Å². The van der Waals surface area contributed by atoms with Crippen LogP contribution in [0.4, 0.5) is 0 Å². The fraction of sp³-hybridized carbons (Fsp3) is 0.316. The SMILES string of the molecule is CCn1c(C)cc(C(=O)CSc2nnc(-c3ccc(OC)cc3)o2)c1C. The van der Waals surface area contributed by atoms with Crippen LogP contribution in [0.2, 0.25) is 0 Å². The highest BCUT2D eigenvalue weighted by atomic mass is 32.2. The maximum Gasteiger partial charge on any atom is 0.277 e. The van der Waals surface area contributed by atoms with Crippen molar-refractivity contribution in [3.8, 4) is 17.2 Å². The number of nitrogens with zero attached hydrogens (tertiary/aromatic N) is 3. The van der Waals surface area contributed by atoms with Gasteiger partial charge in [-0.3, -0.25) is 4.79 Å². The van der Waals surface area contributed by atoms with E-state index in [1.54, 1.807) is 7.11 Å². The second-order valence-corrected chi connectivity index (χ2v) is 6.77. The lowest BCUT2D eigenvalue weighted by Gasteiger charge is -2.05. The van der Waals surface area contributed by atoms with E-state index in [1.807, 2.05) is 44.2 Å². The van der Waals surface area contributed by atoms with Crippen LogP contribution in [0.15, 0.2) is 40.0 Å². The Balaban J connectivity index is 1.67. The van der Waals surface area contributed by atoms with E-state index in [0.29, 0.717) is 11.1 Å². The summed E-state index contributed by atoms with van der Waals surface area (Å²) in [5, 5.41) is 8.45. The molecule has 26 heavy (non-hydrogen) atoms. The summed E-state index contributed by atoms with van der Waals surface area (Å²) < 4.78 is 12.9. The van der Waals surface area contributed by atoms with Gasteiger partial charge in [-0.15, -0.1) is 10.2 Å². The molecule has 0 saturated heterocycles. The molecule has 0 unspecified atom stereocenters. The lowest BCUT2D eigenvalue weighted by molar-refractivity contribution is 0.102. The van der Waals surface area contributed by atoms with Crippen molar-refractivity contribution in [1.82, 2.24) is 14.8 Å². The molecule has 0 bridgehead atoms. The standard InChI is InChI=1S/C19H21N3O3S/c1-5-22-12(2)10-16(13(22)3)17(23)11-26-19-21-20-18(25-19)14-6-8-15(24-4)9-7-14/h6-10H,5,11H2,1-4H3. The number of hydrogen-bond donors (Lipinski definition) is 0. The summed E-state index contributed by atoms with van der Waals surface area (Å²) in [6.45, 7) is 6.91. The van der Waals surface area contributed by atoms with Gasteiger partial charge in [0.05, 0.1) is 12.9 Å². The van der Waals surface area contributed by atoms with E-state index in [2.05, 4.69) is 21.7 Å². The second-order valence-electron chi connectivity index (χ2n) is 5.84. The molecule has 6 nitrogen and oxygen atoms in total. The number of ether oxygens (including phenoxy) is 1. The van der Waals surface area contributed by atoms with Crippen molar-refractivity contribution < 1.29 is 13.9 Å². The van der Waals surface area contributed by atoms with Gasteiger partial charge in [-0.2, -0.15) is 0 Å². The van der Waals surface area contributed by atoms with Gasteiger partial charge >= 0.3 is 0 Å². The van der Waals surface area contributed by atoms with E-state index in [4.69, 9.17) is 9.15 Å². The van der Waals surface area contributed by atoms with Crippen molar-refractivity contribution in [3.63, 3.8) is 0 Å². The van der Waals surface area contributed by atoms with Crippen molar-refractivity contribution in [2.45, 2.75) is 32.5 Å². The van der Waals surface area contributed by atoms with Crippen LogP contribution in [0.3, 0.4) is 0 Å². The van der Waals surface area contributed by atoms with Crippen LogP contribution < -0.4 is 4.74 Å². The molecule has 2 heterocycles. The Kier molecular flexibility index (Phi) is 5.46. The van der Waals surface area contributed by atoms with Crippen LogP contribution in [-0.2, 0) is 6.54 Å². The molecule has 0 spiro atoms. The Morgan fingerprint density at radius 2 is 1.96 bits per heavy atom. The number of aryl methyl sites for hydroxylation is 1. The molecule has 0 amide bonds. The summed E-state index contributed by atoms with van der Waals surface area (Å²) in [6.07, 6.45) is 0. The van der Waals surface area contributed by atoms with Crippen LogP contribution in [0.1, 0.15) is 28.7 Å². The number of benzene rings is 1. The smallest absolute Gasteiger partial charge is 0.277 e. The molecule has 3 rings (SSSR count). The molecule has 0 aliphatic heterocycles. The van der Waals surface area contributed by atoms with E-state index in [-0.39, 0.29) is 11.5 Å². The number of hydrogen-bond acceptors (Lipinski definition) is 6. The molecule has 0 saturated carbocycles. The van der Waals surface area contributed by atoms with Crippen LogP contribution in [0.5, 0.6) is 5.75 Å². The molecule has 136 valence electrons. The van der Waals surface area contributed by atoms with E-state index >= 15 is 0 Å². The van der Waals surface area contributed by atoms with Gasteiger partial charge in [-0.1, -0.05) is 11.8 Å². The van der Waals surface area contributed by atoms with Gasteiger partial charge in [0.1, 0.15) is 5.75 Å². The normalized spacial score (nSPS) is 10.9. The predicted octanol–water partition coefficient (Wildman–Crippen LogP) is 4.16.